The van der Waals surface area contributed by atoms with Crippen LogP contribution in [0.3, 0.4) is 0 Å². The number of anilines is 1. The molecule has 0 bridgehead atoms. The lowest BCUT2D eigenvalue weighted by Crippen LogP contribution is -2.01. The molecule has 4 nitrogen and oxygen atoms in total. The molecule has 16 heavy (non-hydrogen) atoms. The minimum absolute atomic E-state index is 0.208. The van der Waals surface area contributed by atoms with Crippen molar-refractivity contribution in [1.82, 2.24) is 15.2 Å². The maximum atomic E-state index is 5.54. The second-order valence-electron chi connectivity index (χ2n) is 3.65. The fourth-order valence-corrected chi connectivity index (χ4v) is 1.56. The molecule has 2 N–H and O–H groups in total. The van der Waals surface area contributed by atoms with Crippen molar-refractivity contribution >= 4 is 5.95 Å². The van der Waals surface area contributed by atoms with E-state index in [0.29, 0.717) is 0 Å². The average molecular weight is 214 g/mol. The van der Waals surface area contributed by atoms with Crippen LogP contribution in [0.4, 0.5) is 5.95 Å². The first-order valence-corrected chi connectivity index (χ1v) is 5.27. The third-order valence-corrected chi connectivity index (χ3v) is 2.51. The normalized spacial score (nSPS) is 10.4. The van der Waals surface area contributed by atoms with Gasteiger partial charge in [-0.05, 0) is 18.9 Å². The minimum Gasteiger partial charge on any atom is -0.366 e. The van der Waals surface area contributed by atoms with E-state index in [2.05, 4.69) is 34.2 Å². The number of benzene rings is 1. The molecule has 4 heteroatoms. The van der Waals surface area contributed by atoms with Gasteiger partial charge in [-0.15, -0.1) is 10.2 Å². The number of nitrogen functional groups attached to an aromatic ring is 1. The summed E-state index contributed by atoms with van der Waals surface area (Å²) in [5.74, 6) is 0.208. The second kappa shape index (κ2) is 4.26. The van der Waals surface area contributed by atoms with Crippen LogP contribution >= 0.6 is 0 Å². The first kappa shape index (κ1) is 10.5. The van der Waals surface area contributed by atoms with Crippen LogP contribution in [0.15, 0.2) is 24.3 Å². The lowest BCUT2D eigenvalue weighted by atomic mass is 10.1. The number of hydrogen-bond donors (Lipinski definition) is 1. The predicted molar refractivity (Wildman–Crippen MR) is 63.8 cm³/mol. The van der Waals surface area contributed by atoms with E-state index in [1.54, 1.807) is 0 Å². The van der Waals surface area contributed by atoms with E-state index in [9.17, 15) is 0 Å². The van der Waals surface area contributed by atoms with Gasteiger partial charge < -0.3 is 5.73 Å². The van der Waals surface area contributed by atoms with Crippen LogP contribution in [-0.2, 0) is 6.42 Å². The number of hydrogen-bond acceptors (Lipinski definition) is 4. The van der Waals surface area contributed by atoms with Crippen LogP contribution in [-0.4, -0.2) is 15.2 Å². The van der Waals surface area contributed by atoms with Crippen LogP contribution in [0.2, 0.25) is 0 Å². The Balaban J connectivity index is 2.45. The van der Waals surface area contributed by atoms with Gasteiger partial charge in [0, 0.05) is 5.56 Å². The van der Waals surface area contributed by atoms with Gasteiger partial charge in [0.05, 0.1) is 11.4 Å². The zero-order chi connectivity index (χ0) is 11.5. The van der Waals surface area contributed by atoms with Crippen molar-refractivity contribution in [1.29, 1.82) is 0 Å². The smallest absolute Gasteiger partial charge is 0.240 e. The van der Waals surface area contributed by atoms with Crippen LogP contribution in [0.1, 0.15) is 18.2 Å². The zero-order valence-corrected chi connectivity index (χ0v) is 9.44. The average Bonchev–Trinajstić information content (AvgIpc) is 2.32. The quantitative estimate of drug-likeness (QED) is 0.830. The molecule has 1 heterocycles. The molecule has 0 aliphatic heterocycles. The molecule has 0 fully saturated rings. The molecule has 0 atom stereocenters. The Morgan fingerprint density at radius 2 is 1.81 bits per heavy atom. The van der Waals surface area contributed by atoms with Gasteiger partial charge >= 0.3 is 0 Å². The highest BCUT2D eigenvalue weighted by Crippen LogP contribution is 2.20. The number of nitrogens with zero attached hydrogens (tertiary/aromatic N) is 3. The van der Waals surface area contributed by atoms with E-state index in [1.807, 2.05) is 19.1 Å². The Bertz CT molecular complexity index is 491. The Morgan fingerprint density at radius 1 is 1.12 bits per heavy atom. The molecule has 2 aromatic rings. The fraction of sp³-hybridized carbons (Fsp3) is 0.250. The maximum Gasteiger partial charge on any atom is 0.240 e. The molecule has 0 saturated heterocycles. The van der Waals surface area contributed by atoms with Gasteiger partial charge in [-0.3, -0.25) is 0 Å². The van der Waals surface area contributed by atoms with Crippen molar-refractivity contribution in [3.63, 3.8) is 0 Å². The Labute approximate surface area is 94.6 Å². The molecule has 0 aliphatic carbocycles. The van der Waals surface area contributed by atoms with E-state index in [4.69, 9.17) is 5.73 Å². The third-order valence-electron chi connectivity index (χ3n) is 2.51. The van der Waals surface area contributed by atoms with Gasteiger partial charge in [0.15, 0.2) is 0 Å². The molecule has 1 aromatic heterocycles. The zero-order valence-electron chi connectivity index (χ0n) is 9.44. The monoisotopic (exact) mass is 214 g/mol. The van der Waals surface area contributed by atoms with Crippen LogP contribution in [0.25, 0.3) is 11.3 Å². The van der Waals surface area contributed by atoms with Crippen molar-refractivity contribution in [2.45, 2.75) is 20.3 Å². The van der Waals surface area contributed by atoms with E-state index in [1.165, 1.54) is 5.56 Å². The number of aryl methyl sites for hydroxylation is 2. The van der Waals surface area contributed by atoms with Crippen molar-refractivity contribution < 1.29 is 0 Å². The summed E-state index contributed by atoms with van der Waals surface area (Å²) in [6.07, 6.45) is 1.03. The van der Waals surface area contributed by atoms with Crippen molar-refractivity contribution in [3.05, 3.63) is 35.5 Å². The maximum absolute atomic E-state index is 5.54. The number of aromatic nitrogens is 3. The number of rotatable bonds is 2. The SMILES string of the molecule is CCc1ccc(-c2nc(N)nnc2C)cc1. The molecule has 0 saturated carbocycles. The van der Waals surface area contributed by atoms with Gasteiger partial charge in [0.2, 0.25) is 5.95 Å². The van der Waals surface area contributed by atoms with Crippen molar-refractivity contribution in [2.24, 2.45) is 0 Å². The summed E-state index contributed by atoms with van der Waals surface area (Å²) >= 11 is 0. The largest absolute Gasteiger partial charge is 0.366 e. The van der Waals surface area contributed by atoms with Gasteiger partial charge in [-0.25, -0.2) is 4.98 Å². The summed E-state index contributed by atoms with van der Waals surface area (Å²) in [4.78, 5) is 4.20. The molecule has 82 valence electrons. The van der Waals surface area contributed by atoms with Crippen molar-refractivity contribution in [3.8, 4) is 11.3 Å². The molecule has 0 radical (unpaired) electrons. The highest BCUT2D eigenvalue weighted by Gasteiger charge is 2.06. The summed E-state index contributed by atoms with van der Waals surface area (Å²) in [6, 6.07) is 8.25. The molecule has 2 rings (SSSR count). The highest BCUT2D eigenvalue weighted by molar-refractivity contribution is 5.62. The van der Waals surface area contributed by atoms with Crippen LogP contribution in [0.5, 0.6) is 0 Å². The summed E-state index contributed by atoms with van der Waals surface area (Å²) in [7, 11) is 0. The van der Waals surface area contributed by atoms with Crippen LogP contribution in [0, 0.1) is 6.92 Å². The molecule has 1 aromatic carbocycles. The van der Waals surface area contributed by atoms with Crippen molar-refractivity contribution in [2.75, 3.05) is 5.73 Å². The first-order valence-electron chi connectivity index (χ1n) is 5.27. The lowest BCUT2D eigenvalue weighted by molar-refractivity contribution is 0.945. The molecular formula is C12H14N4. The first-order chi connectivity index (χ1) is 7.70. The van der Waals surface area contributed by atoms with Gasteiger partial charge in [0.25, 0.3) is 0 Å². The van der Waals surface area contributed by atoms with Gasteiger partial charge in [0.1, 0.15) is 0 Å². The second-order valence-corrected chi connectivity index (χ2v) is 3.65. The molecule has 0 spiro atoms. The van der Waals surface area contributed by atoms with E-state index in [-0.39, 0.29) is 5.95 Å². The fourth-order valence-electron chi connectivity index (χ4n) is 1.56. The summed E-state index contributed by atoms with van der Waals surface area (Å²) in [5, 5.41) is 7.68. The third kappa shape index (κ3) is 2.00. The summed E-state index contributed by atoms with van der Waals surface area (Å²) in [6.45, 7) is 4.01. The van der Waals surface area contributed by atoms with E-state index in [0.717, 1.165) is 23.4 Å². The molecule has 0 amide bonds. The summed E-state index contributed by atoms with van der Waals surface area (Å²) < 4.78 is 0. The Hall–Kier alpha value is -1.97. The lowest BCUT2D eigenvalue weighted by Gasteiger charge is -2.05. The van der Waals surface area contributed by atoms with Gasteiger partial charge in [-0.2, -0.15) is 0 Å². The van der Waals surface area contributed by atoms with Crippen LogP contribution < -0.4 is 5.73 Å². The molecule has 0 unspecified atom stereocenters. The van der Waals surface area contributed by atoms with E-state index >= 15 is 0 Å². The summed E-state index contributed by atoms with van der Waals surface area (Å²) in [5.41, 5.74) is 9.45. The van der Waals surface area contributed by atoms with E-state index < -0.39 is 0 Å². The number of nitrogens with two attached hydrogens (primary N) is 1. The Kier molecular flexibility index (Phi) is 2.81. The molecular weight excluding hydrogens is 200 g/mol. The topological polar surface area (TPSA) is 64.7 Å². The predicted octanol–water partition coefficient (Wildman–Crippen LogP) is 1.99. The molecule has 0 aliphatic rings. The standard InChI is InChI=1S/C12H14N4/c1-3-9-4-6-10(7-5-9)11-8(2)15-16-12(13)14-11/h4-7H,3H2,1-2H3,(H2,13,14,16). The van der Waals surface area contributed by atoms with Gasteiger partial charge in [-0.1, -0.05) is 31.2 Å². The minimum atomic E-state index is 0.208. The highest BCUT2D eigenvalue weighted by atomic mass is 15.2. The Morgan fingerprint density at radius 3 is 2.44 bits per heavy atom.